The number of nitrogens with two attached hydrogens (primary N) is 1. The molecule has 0 saturated carbocycles. The molecule has 4 aromatic rings. The van der Waals surface area contributed by atoms with E-state index in [1.165, 1.54) is 5.56 Å². The molecule has 2 aromatic heterocycles. The molecule has 0 aliphatic heterocycles. The Kier molecular flexibility index (Phi) is 13.6. The fraction of sp³-hybridized carbons (Fsp3) is 0.130. The summed E-state index contributed by atoms with van der Waals surface area (Å²) in [5.74, 6) is -1.06. The predicted octanol–water partition coefficient (Wildman–Crippen LogP) is 6.59. The molecule has 0 fully saturated rings. The highest BCUT2D eigenvalue weighted by Crippen LogP contribution is 2.13. The lowest BCUT2D eigenvalue weighted by Gasteiger charge is -2.06. The smallest absolute Gasteiger partial charge is 0.224 e. The Hall–Kier alpha value is -2.91. The van der Waals surface area contributed by atoms with Crippen LogP contribution in [-0.4, -0.2) is 19.9 Å². The number of hydrogen-bond donors (Lipinski definition) is 2. The Balaban J connectivity index is 0.000000274. The van der Waals surface area contributed by atoms with E-state index in [9.17, 15) is 8.78 Å². The van der Waals surface area contributed by atoms with Crippen LogP contribution in [0.25, 0.3) is 0 Å². The molecule has 2 aromatic carbocycles. The van der Waals surface area contributed by atoms with E-state index < -0.39 is 11.6 Å². The van der Waals surface area contributed by atoms with Crippen LogP contribution in [0.3, 0.4) is 0 Å². The van der Waals surface area contributed by atoms with Crippen molar-refractivity contribution in [2.75, 3.05) is 5.32 Å². The van der Waals surface area contributed by atoms with E-state index in [4.69, 9.17) is 40.5 Å². The molecule has 11 heteroatoms. The van der Waals surface area contributed by atoms with Crippen LogP contribution in [-0.2, 0) is 13.1 Å². The molecular weight excluding hydrogens is 505 g/mol. The molecule has 0 aliphatic carbocycles. The molecule has 180 valence electrons. The summed E-state index contributed by atoms with van der Waals surface area (Å²) in [4.78, 5) is 13.9. The number of aromatic nitrogens is 4. The third-order valence-corrected chi connectivity index (χ3v) is 4.40. The van der Waals surface area contributed by atoms with E-state index in [1.807, 2.05) is 60.7 Å². The van der Waals surface area contributed by atoms with Crippen molar-refractivity contribution in [3.8, 4) is 0 Å². The maximum absolute atomic E-state index is 13.2. The van der Waals surface area contributed by atoms with E-state index >= 15 is 0 Å². The summed E-state index contributed by atoms with van der Waals surface area (Å²) in [6.45, 7) is 1.13. The Morgan fingerprint density at radius 2 is 1.24 bits per heavy atom. The normalized spacial score (nSPS) is 9.47. The van der Waals surface area contributed by atoms with Crippen molar-refractivity contribution >= 4 is 40.6 Å². The average Bonchev–Trinajstić information content (AvgIpc) is 2.84. The van der Waals surface area contributed by atoms with Gasteiger partial charge in [-0.1, -0.05) is 79.7 Å². The van der Waals surface area contributed by atoms with Gasteiger partial charge in [-0.05, 0) is 34.3 Å². The van der Waals surface area contributed by atoms with E-state index in [0.29, 0.717) is 13.1 Å². The van der Waals surface area contributed by atoms with Gasteiger partial charge in [0.05, 0.1) is 12.4 Å². The van der Waals surface area contributed by atoms with E-state index in [1.54, 1.807) is 0 Å². The van der Waals surface area contributed by atoms with Gasteiger partial charge in [-0.15, -0.1) is 0 Å². The Morgan fingerprint density at radius 3 is 1.71 bits per heavy atom. The van der Waals surface area contributed by atoms with Gasteiger partial charge in [0.1, 0.15) is 0 Å². The fourth-order valence-corrected chi connectivity index (χ4v) is 2.63. The van der Waals surface area contributed by atoms with Crippen molar-refractivity contribution in [2.24, 2.45) is 5.73 Å². The van der Waals surface area contributed by atoms with Crippen LogP contribution in [0.2, 0.25) is 15.7 Å². The standard InChI is InChI=1S/C11H9ClFN3.C7H9N.C4HCl2FN2.CH4/c12-11-15-7-9(13)10(16-11)14-6-8-4-2-1-3-5-8;8-6-7-4-2-1-3-5-7;5-3-2(7)1-8-4(6)9-3;/h1-5,7H,6H2,(H,14,15,16);1-5H,6,8H2;1H;1H4. The van der Waals surface area contributed by atoms with Crippen LogP contribution in [0.15, 0.2) is 73.1 Å². The highest BCUT2D eigenvalue weighted by atomic mass is 35.5. The summed E-state index contributed by atoms with van der Waals surface area (Å²) in [5.41, 5.74) is 7.58. The van der Waals surface area contributed by atoms with Gasteiger partial charge in [0.15, 0.2) is 22.6 Å². The topological polar surface area (TPSA) is 89.6 Å². The van der Waals surface area contributed by atoms with Gasteiger partial charge in [-0.3, -0.25) is 0 Å². The molecule has 0 unspecified atom stereocenters. The number of rotatable bonds is 4. The van der Waals surface area contributed by atoms with E-state index in [-0.39, 0.29) is 29.0 Å². The third kappa shape index (κ3) is 10.8. The highest BCUT2D eigenvalue weighted by molar-refractivity contribution is 6.31. The fourth-order valence-electron chi connectivity index (χ4n) is 2.19. The van der Waals surface area contributed by atoms with Gasteiger partial charge in [0.2, 0.25) is 10.6 Å². The second kappa shape index (κ2) is 15.8. The minimum Gasteiger partial charge on any atom is -0.363 e. The van der Waals surface area contributed by atoms with Gasteiger partial charge < -0.3 is 11.1 Å². The first-order chi connectivity index (χ1) is 15.9. The van der Waals surface area contributed by atoms with Gasteiger partial charge in [0, 0.05) is 13.1 Å². The monoisotopic (exact) mass is 526 g/mol. The summed E-state index contributed by atoms with van der Waals surface area (Å²) in [5, 5.41) is 2.58. The summed E-state index contributed by atoms with van der Waals surface area (Å²) < 4.78 is 25.4. The van der Waals surface area contributed by atoms with Gasteiger partial charge >= 0.3 is 0 Å². The Morgan fingerprint density at radius 1 is 0.735 bits per heavy atom. The first-order valence-corrected chi connectivity index (χ1v) is 10.6. The zero-order valence-corrected chi connectivity index (χ0v) is 19.4. The first-order valence-electron chi connectivity index (χ1n) is 9.42. The number of benzene rings is 2. The lowest BCUT2D eigenvalue weighted by molar-refractivity contribution is 0.614. The van der Waals surface area contributed by atoms with E-state index in [0.717, 1.165) is 18.0 Å². The molecule has 0 spiro atoms. The molecule has 4 rings (SSSR count). The molecular formula is C23H23Cl3F2N6. The number of anilines is 1. The number of nitrogens with one attached hydrogen (secondary N) is 1. The highest BCUT2D eigenvalue weighted by Gasteiger charge is 2.05. The van der Waals surface area contributed by atoms with Crippen molar-refractivity contribution in [1.29, 1.82) is 0 Å². The predicted molar refractivity (Wildman–Crippen MR) is 134 cm³/mol. The largest absolute Gasteiger partial charge is 0.363 e. The van der Waals surface area contributed by atoms with E-state index in [2.05, 4.69) is 25.3 Å². The molecule has 34 heavy (non-hydrogen) atoms. The summed E-state index contributed by atoms with van der Waals surface area (Å²) in [6, 6.07) is 19.6. The molecule has 0 radical (unpaired) electrons. The molecule has 0 amide bonds. The molecule has 6 nitrogen and oxygen atoms in total. The zero-order chi connectivity index (χ0) is 24.1. The van der Waals surface area contributed by atoms with Crippen molar-refractivity contribution in [1.82, 2.24) is 19.9 Å². The second-order valence-corrected chi connectivity index (χ2v) is 7.18. The number of halogens is 5. The van der Waals surface area contributed by atoms with Gasteiger partial charge in [0.25, 0.3) is 0 Å². The third-order valence-electron chi connectivity index (χ3n) is 3.77. The average molecular weight is 528 g/mol. The maximum Gasteiger partial charge on any atom is 0.224 e. The maximum atomic E-state index is 13.2. The van der Waals surface area contributed by atoms with Crippen LogP contribution in [0, 0.1) is 11.6 Å². The first kappa shape index (κ1) is 29.1. The lowest BCUT2D eigenvalue weighted by Crippen LogP contribution is -2.04. The van der Waals surface area contributed by atoms with Crippen LogP contribution >= 0.6 is 34.8 Å². The minimum atomic E-state index is -0.666. The van der Waals surface area contributed by atoms with Crippen molar-refractivity contribution < 1.29 is 8.78 Å². The summed E-state index contributed by atoms with van der Waals surface area (Å²) in [6.07, 6.45) is 1.96. The summed E-state index contributed by atoms with van der Waals surface area (Å²) >= 11 is 16.0. The Labute approximate surface area is 212 Å². The summed E-state index contributed by atoms with van der Waals surface area (Å²) in [7, 11) is 0. The molecule has 3 N–H and O–H groups in total. The van der Waals surface area contributed by atoms with Crippen LogP contribution in [0.1, 0.15) is 18.6 Å². The van der Waals surface area contributed by atoms with Crippen LogP contribution < -0.4 is 11.1 Å². The quantitative estimate of drug-likeness (QED) is 0.230. The molecule has 0 bridgehead atoms. The van der Waals surface area contributed by atoms with Gasteiger partial charge in [-0.25, -0.2) is 23.7 Å². The second-order valence-electron chi connectivity index (χ2n) is 6.14. The zero-order valence-electron chi connectivity index (χ0n) is 17.1. The lowest BCUT2D eigenvalue weighted by atomic mass is 10.2. The van der Waals surface area contributed by atoms with Crippen molar-refractivity contribution in [2.45, 2.75) is 20.5 Å². The molecule has 0 saturated heterocycles. The SMILES string of the molecule is C.Fc1cnc(Cl)nc1Cl.Fc1cnc(Cl)nc1NCc1ccccc1.NCc1ccccc1. The van der Waals surface area contributed by atoms with Gasteiger partial charge in [-0.2, -0.15) is 4.98 Å². The molecule has 0 aliphatic rings. The van der Waals surface area contributed by atoms with Crippen LogP contribution in [0.4, 0.5) is 14.6 Å². The minimum absolute atomic E-state index is 0. The number of hydrogen-bond acceptors (Lipinski definition) is 6. The molecule has 0 atom stereocenters. The van der Waals surface area contributed by atoms with Crippen molar-refractivity contribution in [3.05, 3.63) is 112 Å². The number of nitrogens with zero attached hydrogens (tertiary/aromatic N) is 4. The van der Waals surface area contributed by atoms with Crippen molar-refractivity contribution in [3.63, 3.8) is 0 Å². The molecule has 2 heterocycles. The van der Waals surface area contributed by atoms with Crippen LogP contribution in [0.5, 0.6) is 0 Å². The Bertz CT molecular complexity index is 1120.